The summed E-state index contributed by atoms with van der Waals surface area (Å²) in [5.41, 5.74) is 0. The molecule has 0 aromatic rings. The Morgan fingerprint density at radius 1 is 0.952 bits per heavy atom. The van der Waals surface area contributed by atoms with E-state index in [9.17, 15) is 19.2 Å². The Bertz CT molecular complexity index is 399. The van der Waals surface area contributed by atoms with Crippen molar-refractivity contribution in [3.63, 3.8) is 0 Å². The highest BCUT2D eigenvalue weighted by Gasteiger charge is 2.10. The van der Waals surface area contributed by atoms with Crippen LogP contribution in [0.2, 0.25) is 0 Å². The molecule has 0 aromatic carbocycles. The minimum Gasteiger partial charge on any atom is -0.463 e. The third-order valence-electron chi connectivity index (χ3n) is 1.90. The molecule has 0 radical (unpaired) electrons. The molecule has 118 valence electrons. The molecule has 0 saturated heterocycles. The highest BCUT2D eigenvalue weighted by Crippen LogP contribution is 1.96. The first-order valence-corrected chi connectivity index (χ1v) is 6.23. The van der Waals surface area contributed by atoms with Gasteiger partial charge in [-0.25, -0.2) is 14.4 Å². The van der Waals surface area contributed by atoms with Gasteiger partial charge in [-0.1, -0.05) is 0 Å². The van der Waals surface area contributed by atoms with Gasteiger partial charge in [0.25, 0.3) is 0 Å². The molecule has 21 heavy (non-hydrogen) atoms. The van der Waals surface area contributed by atoms with E-state index >= 15 is 0 Å². The van der Waals surface area contributed by atoms with Crippen LogP contribution in [0.4, 0.5) is 0 Å². The van der Waals surface area contributed by atoms with Gasteiger partial charge in [0.05, 0.1) is 13.2 Å². The number of carbonyl (C=O) groups excluding carboxylic acids is 4. The van der Waals surface area contributed by atoms with E-state index in [1.54, 1.807) is 6.92 Å². The Hall–Kier alpha value is -2.22. The minimum atomic E-state index is -0.781. The second-order valence-electron chi connectivity index (χ2n) is 3.64. The molecule has 0 atom stereocenters. The number of rotatable bonds is 9. The van der Waals surface area contributed by atoms with Crippen molar-refractivity contribution in [2.24, 2.45) is 0 Å². The van der Waals surface area contributed by atoms with Crippen LogP contribution in [0, 0.1) is 0 Å². The van der Waals surface area contributed by atoms with Crippen molar-refractivity contribution in [3.8, 4) is 0 Å². The fraction of sp³-hybridized carbons (Fsp3) is 0.538. The van der Waals surface area contributed by atoms with Gasteiger partial charge in [-0.2, -0.15) is 0 Å². The van der Waals surface area contributed by atoms with Gasteiger partial charge in [-0.3, -0.25) is 4.79 Å². The van der Waals surface area contributed by atoms with Gasteiger partial charge < -0.3 is 18.9 Å². The molecule has 0 N–H and O–H groups in total. The molecule has 0 aliphatic carbocycles. The van der Waals surface area contributed by atoms with E-state index in [1.807, 2.05) is 0 Å². The SMILES string of the molecule is CCOC(=O)/C=C/C(=O)OCCCC(=O)OC(=O)COC. The van der Waals surface area contributed by atoms with Crippen LogP contribution in [0.25, 0.3) is 0 Å². The summed E-state index contributed by atoms with van der Waals surface area (Å²) in [6.45, 7) is 1.50. The van der Waals surface area contributed by atoms with E-state index in [1.165, 1.54) is 7.11 Å². The Labute approximate surface area is 122 Å². The first-order valence-electron chi connectivity index (χ1n) is 6.23. The number of esters is 4. The molecule has 0 bridgehead atoms. The lowest BCUT2D eigenvalue weighted by Gasteiger charge is -2.03. The first-order chi connectivity index (χ1) is 9.99. The molecule has 8 nitrogen and oxygen atoms in total. The molecule has 0 spiro atoms. The predicted octanol–water partition coefficient (Wildman–Crippen LogP) is 0.145. The number of methoxy groups -OCH3 is 1. The maximum atomic E-state index is 11.2. The quantitative estimate of drug-likeness (QED) is 0.195. The Kier molecular flexibility index (Phi) is 10.4. The molecule has 0 unspecified atom stereocenters. The standard InChI is InChI=1S/C13H18O8/c1-3-19-10(14)6-7-11(15)20-8-4-5-12(16)21-13(17)9-18-2/h6-7H,3-5,8-9H2,1-2H3/b7-6+. The van der Waals surface area contributed by atoms with Crippen molar-refractivity contribution in [2.75, 3.05) is 26.9 Å². The van der Waals surface area contributed by atoms with Crippen LogP contribution >= 0.6 is 0 Å². The third kappa shape index (κ3) is 11.3. The highest BCUT2D eigenvalue weighted by atomic mass is 16.6. The summed E-state index contributed by atoms with van der Waals surface area (Å²) < 4.78 is 18.2. The molecule has 8 heteroatoms. The zero-order valence-electron chi connectivity index (χ0n) is 12.0. The van der Waals surface area contributed by atoms with Crippen molar-refractivity contribution in [1.82, 2.24) is 0 Å². The van der Waals surface area contributed by atoms with Crippen molar-refractivity contribution < 1.29 is 38.1 Å². The second kappa shape index (κ2) is 11.6. The predicted molar refractivity (Wildman–Crippen MR) is 68.9 cm³/mol. The average molecular weight is 302 g/mol. The Morgan fingerprint density at radius 3 is 2.14 bits per heavy atom. The Balaban J connectivity index is 3.75. The highest BCUT2D eigenvalue weighted by molar-refractivity contribution is 5.91. The molecule has 0 saturated carbocycles. The van der Waals surface area contributed by atoms with E-state index in [0.717, 1.165) is 12.2 Å². The topological polar surface area (TPSA) is 105 Å². The second-order valence-corrected chi connectivity index (χ2v) is 3.64. The normalized spacial score (nSPS) is 10.2. The summed E-state index contributed by atoms with van der Waals surface area (Å²) in [5, 5.41) is 0. The van der Waals surface area contributed by atoms with Gasteiger partial charge in [0.2, 0.25) is 0 Å². The maximum absolute atomic E-state index is 11.2. The maximum Gasteiger partial charge on any atom is 0.339 e. The van der Waals surface area contributed by atoms with Crippen molar-refractivity contribution in [3.05, 3.63) is 12.2 Å². The summed E-state index contributed by atoms with van der Waals surface area (Å²) >= 11 is 0. The summed E-state index contributed by atoms with van der Waals surface area (Å²) in [5.74, 6) is -2.88. The van der Waals surface area contributed by atoms with Crippen molar-refractivity contribution in [1.29, 1.82) is 0 Å². The van der Waals surface area contributed by atoms with E-state index in [2.05, 4.69) is 14.2 Å². The fourth-order valence-electron chi connectivity index (χ4n) is 1.09. The zero-order valence-corrected chi connectivity index (χ0v) is 12.0. The number of hydrogen-bond donors (Lipinski definition) is 0. The Morgan fingerprint density at radius 2 is 1.57 bits per heavy atom. The summed E-state index contributed by atoms with van der Waals surface area (Å²) in [6, 6.07) is 0. The van der Waals surface area contributed by atoms with Crippen molar-refractivity contribution in [2.45, 2.75) is 19.8 Å². The summed E-state index contributed by atoms with van der Waals surface area (Å²) in [4.78, 5) is 44.1. The molecular formula is C13H18O8. The lowest BCUT2D eigenvalue weighted by Crippen LogP contribution is -2.17. The van der Waals surface area contributed by atoms with E-state index in [4.69, 9.17) is 4.74 Å². The van der Waals surface area contributed by atoms with Gasteiger partial charge in [-0.15, -0.1) is 0 Å². The summed E-state index contributed by atoms with van der Waals surface area (Å²) in [7, 11) is 1.30. The molecule has 0 aromatic heterocycles. The lowest BCUT2D eigenvalue weighted by molar-refractivity contribution is -0.162. The van der Waals surface area contributed by atoms with E-state index in [-0.39, 0.29) is 32.7 Å². The van der Waals surface area contributed by atoms with Crippen LogP contribution in [0.3, 0.4) is 0 Å². The molecule has 0 amide bonds. The fourth-order valence-corrected chi connectivity index (χ4v) is 1.09. The van der Waals surface area contributed by atoms with Crippen LogP contribution in [0.1, 0.15) is 19.8 Å². The van der Waals surface area contributed by atoms with Gasteiger partial charge in [0, 0.05) is 25.7 Å². The summed E-state index contributed by atoms with van der Waals surface area (Å²) in [6.07, 6.45) is 1.99. The van der Waals surface area contributed by atoms with Crippen LogP contribution in [0.5, 0.6) is 0 Å². The van der Waals surface area contributed by atoms with Crippen LogP contribution in [-0.2, 0) is 38.1 Å². The molecule has 0 fully saturated rings. The van der Waals surface area contributed by atoms with Crippen molar-refractivity contribution >= 4 is 23.9 Å². The van der Waals surface area contributed by atoms with E-state index < -0.39 is 23.9 Å². The lowest BCUT2D eigenvalue weighted by atomic mass is 10.3. The van der Waals surface area contributed by atoms with Gasteiger partial charge in [0.1, 0.15) is 6.61 Å². The van der Waals surface area contributed by atoms with E-state index in [0.29, 0.717) is 0 Å². The molecule has 0 rings (SSSR count). The first kappa shape index (κ1) is 18.8. The zero-order chi connectivity index (χ0) is 16.1. The van der Waals surface area contributed by atoms with Crippen LogP contribution < -0.4 is 0 Å². The van der Waals surface area contributed by atoms with Gasteiger partial charge in [0.15, 0.2) is 0 Å². The largest absolute Gasteiger partial charge is 0.463 e. The van der Waals surface area contributed by atoms with Gasteiger partial charge >= 0.3 is 23.9 Å². The number of ether oxygens (including phenoxy) is 4. The molecule has 0 heterocycles. The number of carbonyl (C=O) groups is 4. The monoisotopic (exact) mass is 302 g/mol. The smallest absolute Gasteiger partial charge is 0.339 e. The average Bonchev–Trinajstić information content (AvgIpc) is 2.42. The van der Waals surface area contributed by atoms with Crippen LogP contribution in [-0.4, -0.2) is 50.8 Å². The molecular weight excluding hydrogens is 284 g/mol. The van der Waals surface area contributed by atoms with Gasteiger partial charge in [-0.05, 0) is 13.3 Å². The molecule has 0 aliphatic rings. The minimum absolute atomic E-state index is 0.0421. The van der Waals surface area contributed by atoms with Crippen LogP contribution in [0.15, 0.2) is 12.2 Å². The third-order valence-corrected chi connectivity index (χ3v) is 1.90. The molecule has 0 aliphatic heterocycles. The number of hydrogen-bond acceptors (Lipinski definition) is 8.